The number of rotatable bonds is 9. The molecule has 2 aromatic carbocycles. The number of hydrogen-bond donors (Lipinski definition) is 3. The summed E-state index contributed by atoms with van der Waals surface area (Å²) in [6, 6.07) is 10.7. The molecule has 3 aromatic rings. The van der Waals surface area contributed by atoms with Crippen LogP contribution in [0.5, 0.6) is 11.5 Å². The van der Waals surface area contributed by atoms with Crippen LogP contribution < -0.4 is 14.8 Å². The van der Waals surface area contributed by atoms with E-state index < -0.39 is 12.0 Å². The molecule has 0 radical (unpaired) electrons. The Hall–Kier alpha value is -2.70. The van der Waals surface area contributed by atoms with Gasteiger partial charge >= 0.3 is 5.97 Å². The molecule has 3 rings (SSSR count). The van der Waals surface area contributed by atoms with Crippen LogP contribution >= 0.6 is 11.6 Å². The van der Waals surface area contributed by atoms with E-state index in [1.807, 2.05) is 37.4 Å². The Labute approximate surface area is 168 Å². The number of nitrogens with one attached hydrogen (secondary N) is 2. The smallest absolute Gasteiger partial charge is 0.321 e. The first-order valence-corrected chi connectivity index (χ1v) is 9.41. The molecule has 0 aliphatic heterocycles. The molecule has 1 atom stereocenters. The van der Waals surface area contributed by atoms with E-state index in [2.05, 4.69) is 10.3 Å². The standard InChI is InChI=1S/C21H23ClN2O4/c1-3-28-20-16(22)8-13(9-19(20)27-2)11-23-18(21(25)26)10-14-12-24-17-7-5-4-6-15(14)17/h4-9,12,18,23-24H,3,10-11H2,1-2H3,(H,25,26). The van der Waals surface area contributed by atoms with Crippen molar-refractivity contribution in [2.45, 2.75) is 25.9 Å². The molecule has 0 spiro atoms. The third-order valence-electron chi connectivity index (χ3n) is 4.53. The average Bonchev–Trinajstić information content (AvgIpc) is 3.09. The van der Waals surface area contributed by atoms with Gasteiger partial charge < -0.3 is 24.9 Å². The fourth-order valence-electron chi connectivity index (χ4n) is 3.17. The molecule has 3 N–H and O–H groups in total. The van der Waals surface area contributed by atoms with Crippen LogP contribution in [0, 0.1) is 0 Å². The van der Waals surface area contributed by atoms with Crippen LogP contribution in [0.15, 0.2) is 42.6 Å². The van der Waals surface area contributed by atoms with E-state index in [0.29, 0.717) is 36.1 Å². The molecule has 0 amide bonds. The topological polar surface area (TPSA) is 83.6 Å². The maximum Gasteiger partial charge on any atom is 0.321 e. The van der Waals surface area contributed by atoms with Gasteiger partial charge in [-0.2, -0.15) is 0 Å². The monoisotopic (exact) mass is 402 g/mol. The van der Waals surface area contributed by atoms with E-state index in [4.69, 9.17) is 21.1 Å². The van der Waals surface area contributed by atoms with Crippen molar-refractivity contribution in [2.24, 2.45) is 0 Å². The summed E-state index contributed by atoms with van der Waals surface area (Å²) in [5, 5.41) is 14.2. The number of methoxy groups -OCH3 is 1. The lowest BCUT2D eigenvalue weighted by molar-refractivity contribution is -0.139. The molecule has 1 heterocycles. The molecule has 28 heavy (non-hydrogen) atoms. The highest BCUT2D eigenvalue weighted by atomic mass is 35.5. The van der Waals surface area contributed by atoms with Gasteiger partial charge in [-0.25, -0.2) is 0 Å². The predicted octanol–water partition coefficient (Wildman–Crippen LogP) is 4.01. The number of para-hydroxylation sites is 1. The highest BCUT2D eigenvalue weighted by Crippen LogP contribution is 2.36. The van der Waals surface area contributed by atoms with Gasteiger partial charge in [-0.05, 0) is 36.2 Å². The van der Waals surface area contributed by atoms with E-state index in [0.717, 1.165) is 22.0 Å². The number of benzene rings is 2. The summed E-state index contributed by atoms with van der Waals surface area (Å²) in [7, 11) is 1.54. The average molecular weight is 403 g/mol. The Kier molecular flexibility index (Phi) is 6.44. The quantitative estimate of drug-likeness (QED) is 0.503. The normalized spacial score (nSPS) is 12.1. The number of hydrogen-bond acceptors (Lipinski definition) is 4. The fraction of sp³-hybridized carbons (Fsp3) is 0.286. The first-order chi connectivity index (χ1) is 13.5. The van der Waals surface area contributed by atoms with Gasteiger partial charge in [-0.1, -0.05) is 29.8 Å². The maximum atomic E-state index is 11.8. The van der Waals surface area contributed by atoms with Crippen LogP contribution in [0.3, 0.4) is 0 Å². The first kappa shape index (κ1) is 20.0. The van der Waals surface area contributed by atoms with Gasteiger partial charge in [-0.15, -0.1) is 0 Å². The van der Waals surface area contributed by atoms with Crippen LogP contribution in [0.4, 0.5) is 0 Å². The number of H-pyrrole nitrogens is 1. The van der Waals surface area contributed by atoms with Crippen LogP contribution in [0.1, 0.15) is 18.1 Å². The Morgan fingerprint density at radius 2 is 2.11 bits per heavy atom. The van der Waals surface area contributed by atoms with Gasteiger partial charge in [0.1, 0.15) is 6.04 Å². The molecule has 0 fully saturated rings. The molecular weight excluding hydrogens is 380 g/mol. The van der Waals surface area contributed by atoms with Crippen molar-refractivity contribution >= 4 is 28.5 Å². The largest absolute Gasteiger partial charge is 0.493 e. The molecular formula is C21H23ClN2O4. The van der Waals surface area contributed by atoms with Crippen molar-refractivity contribution in [2.75, 3.05) is 13.7 Å². The van der Waals surface area contributed by atoms with Crippen molar-refractivity contribution in [3.05, 3.63) is 58.7 Å². The summed E-state index contributed by atoms with van der Waals surface area (Å²) in [5.74, 6) is 0.105. The van der Waals surface area contributed by atoms with Crippen LogP contribution in [-0.4, -0.2) is 35.8 Å². The summed E-state index contributed by atoms with van der Waals surface area (Å²) >= 11 is 6.30. The molecule has 1 aromatic heterocycles. The second kappa shape index (κ2) is 8.99. The molecule has 148 valence electrons. The minimum atomic E-state index is -0.908. The number of halogens is 1. The summed E-state index contributed by atoms with van der Waals surface area (Å²) in [5.41, 5.74) is 2.76. The highest BCUT2D eigenvalue weighted by Gasteiger charge is 2.20. The summed E-state index contributed by atoms with van der Waals surface area (Å²) in [6.07, 6.45) is 2.22. The van der Waals surface area contributed by atoms with E-state index in [9.17, 15) is 9.90 Å². The van der Waals surface area contributed by atoms with Crippen LogP contribution in [-0.2, 0) is 17.8 Å². The van der Waals surface area contributed by atoms with Crippen LogP contribution in [0.25, 0.3) is 10.9 Å². The van der Waals surface area contributed by atoms with E-state index in [1.165, 1.54) is 0 Å². The number of ether oxygens (including phenoxy) is 2. The number of aromatic amines is 1. The van der Waals surface area contributed by atoms with Gasteiger partial charge in [-0.3, -0.25) is 4.79 Å². The number of fused-ring (bicyclic) bond motifs is 1. The molecule has 0 bridgehead atoms. The lowest BCUT2D eigenvalue weighted by atomic mass is 10.0. The Morgan fingerprint density at radius 3 is 2.82 bits per heavy atom. The Balaban J connectivity index is 1.75. The minimum Gasteiger partial charge on any atom is -0.493 e. The van der Waals surface area contributed by atoms with Gasteiger partial charge in [0.05, 0.1) is 18.7 Å². The fourth-order valence-corrected chi connectivity index (χ4v) is 3.46. The Bertz CT molecular complexity index is 970. The van der Waals surface area contributed by atoms with Crippen LogP contribution in [0.2, 0.25) is 5.02 Å². The van der Waals surface area contributed by atoms with Gasteiger partial charge in [0.2, 0.25) is 0 Å². The second-order valence-corrected chi connectivity index (χ2v) is 6.78. The number of carboxylic acids is 1. The van der Waals surface area contributed by atoms with Crippen molar-refractivity contribution in [3.8, 4) is 11.5 Å². The van der Waals surface area contributed by atoms with Crippen molar-refractivity contribution in [3.63, 3.8) is 0 Å². The number of aromatic nitrogens is 1. The van der Waals surface area contributed by atoms with E-state index >= 15 is 0 Å². The predicted molar refractivity (Wildman–Crippen MR) is 109 cm³/mol. The number of carboxylic acid groups (broad SMARTS) is 1. The van der Waals surface area contributed by atoms with Gasteiger partial charge in [0.15, 0.2) is 11.5 Å². The molecule has 0 saturated carbocycles. The zero-order chi connectivity index (χ0) is 20.1. The molecule has 0 saturated heterocycles. The SMILES string of the molecule is CCOc1c(Cl)cc(CNC(Cc2c[nH]c3ccccc23)C(=O)O)cc1OC. The minimum absolute atomic E-state index is 0.335. The lowest BCUT2D eigenvalue weighted by Crippen LogP contribution is -2.38. The van der Waals surface area contributed by atoms with Gasteiger partial charge in [0.25, 0.3) is 0 Å². The summed E-state index contributed by atoms with van der Waals surface area (Å²) in [6.45, 7) is 2.68. The van der Waals surface area contributed by atoms with Crippen molar-refractivity contribution in [1.82, 2.24) is 10.3 Å². The highest BCUT2D eigenvalue weighted by molar-refractivity contribution is 6.32. The third kappa shape index (κ3) is 4.40. The van der Waals surface area contributed by atoms with E-state index in [-0.39, 0.29) is 0 Å². The van der Waals surface area contributed by atoms with Crippen molar-refractivity contribution in [1.29, 1.82) is 0 Å². The molecule has 7 heteroatoms. The zero-order valence-electron chi connectivity index (χ0n) is 15.8. The molecule has 0 aliphatic rings. The van der Waals surface area contributed by atoms with Crippen molar-refractivity contribution < 1.29 is 19.4 Å². The summed E-state index contributed by atoms with van der Waals surface area (Å²) < 4.78 is 10.9. The summed E-state index contributed by atoms with van der Waals surface area (Å²) in [4.78, 5) is 14.9. The number of carbonyl (C=O) groups is 1. The third-order valence-corrected chi connectivity index (χ3v) is 4.81. The second-order valence-electron chi connectivity index (χ2n) is 6.38. The molecule has 1 unspecified atom stereocenters. The van der Waals surface area contributed by atoms with Gasteiger partial charge in [0, 0.05) is 30.1 Å². The maximum absolute atomic E-state index is 11.8. The first-order valence-electron chi connectivity index (χ1n) is 9.03. The lowest BCUT2D eigenvalue weighted by Gasteiger charge is -2.16. The number of aliphatic carboxylic acids is 1. The Morgan fingerprint density at radius 1 is 1.32 bits per heavy atom. The molecule has 6 nitrogen and oxygen atoms in total. The molecule has 0 aliphatic carbocycles. The zero-order valence-corrected chi connectivity index (χ0v) is 16.5. The van der Waals surface area contributed by atoms with E-state index in [1.54, 1.807) is 19.2 Å².